The van der Waals surface area contributed by atoms with Crippen molar-refractivity contribution >= 4 is 0 Å². The SMILES string of the molecule is C=CC[C@@]1(OC2(CO)O[C@H](CO)[C@@H](O)[C@@H]2O)O[C@H](CO)[C@@H](O)[C@H](O)[C@]1(O)CC=C. The monoisotopic (exact) mass is 422 g/mol. The fourth-order valence-electron chi connectivity index (χ4n) is 3.87. The van der Waals surface area contributed by atoms with Gasteiger partial charge in [0.2, 0.25) is 11.6 Å². The van der Waals surface area contributed by atoms with Crippen molar-refractivity contribution in [2.24, 2.45) is 0 Å². The predicted octanol–water partition coefficient (Wildman–Crippen LogP) is -3.50. The molecule has 2 fully saturated rings. The Balaban J connectivity index is 2.59. The fraction of sp³-hybridized carbons (Fsp3) is 0.778. The maximum absolute atomic E-state index is 11.3. The van der Waals surface area contributed by atoms with Gasteiger partial charge in [-0.15, -0.1) is 13.2 Å². The Morgan fingerprint density at radius 3 is 1.79 bits per heavy atom. The van der Waals surface area contributed by atoms with Gasteiger partial charge in [0.25, 0.3) is 0 Å². The molecule has 0 aromatic heterocycles. The van der Waals surface area contributed by atoms with Gasteiger partial charge in [0.05, 0.1) is 13.2 Å². The van der Waals surface area contributed by atoms with Gasteiger partial charge in [-0.3, -0.25) is 0 Å². The predicted molar refractivity (Wildman–Crippen MR) is 96.2 cm³/mol. The van der Waals surface area contributed by atoms with Crippen LogP contribution in [0.3, 0.4) is 0 Å². The Morgan fingerprint density at radius 1 is 0.828 bits per heavy atom. The van der Waals surface area contributed by atoms with Crippen LogP contribution in [0.1, 0.15) is 12.8 Å². The minimum atomic E-state index is -2.39. The number of aliphatic hydroxyl groups excluding tert-OH is 7. The molecule has 8 N–H and O–H groups in total. The third kappa shape index (κ3) is 3.77. The van der Waals surface area contributed by atoms with Crippen molar-refractivity contribution in [2.75, 3.05) is 19.8 Å². The largest absolute Gasteiger partial charge is 0.394 e. The molecule has 2 heterocycles. The first-order valence-corrected chi connectivity index (χ1v) is 9.16. The first kappa shape index (κ1) is 24.3. The second-order valence-corrected chi connectivity index (χ2v) is 7.28. The molecule has 0 amide bonds. The van der Waals surface area contributed by atoms with Crippen LogP contribution >= 0.6 is 0 Å². The molecule has 2 aliphatic rings. The average molecular weight is 422 g/mol. The molecule has 0 aromatic rings. The molecule has 0 aliphatic carbocycles. The summed E-state index contributed by atoms with van der Waals surface area (Å²) < 4.78 is 16.8. The van der Waals surface area contributed by atoms with Crippen molar-refractivity contribution in [1.29, 1.82) is 0 Å². The summed E-state index contributed by atoms with van der Waals surface area (Å²) >= 11 is 0. The van der Waals surface area contributed by atoms with Crippen LogP contribution in [-0.2, 0) is 14.2 Å². The maximum Gasteiger partial charge on any atom is 0.224 e. The zero-order chi connectivity index (χ0) is 22.0. The summed E-state index contributed by atoms with van der Waals surface area (Å²) in [5.74, 6) is -4.67. The van der Waals surface area contributed by atoms with E-state index in [4.69, 9.17) is 14.2 Å². The number of hydrogen-bond acceptors (Lipinski definition) is 11. The van der Waals surface area contributed by atoms with Crippen molar-refractivity contribution in [3.8, 4) is 0 Å². The zero-order valence-electron chi connectivity index (χ0n) is 15.9. The number of ether oxygens (including phenoxy) is 3. The lowest BCUT2D eigenvalue weighted by Gasteiger charge is -2.57. The van der Waals surface area contributed by atoms with E-state index in [0.717, 1.165) is 0 Å². The van der Waals surface area contributed by atoms with Crippen LogP contribution < -0.4 is 0 Å². The molecule has 2 aliphatic heterocycles. The van der Waals surface area contributed by atoms with Crippen LogP contribution in [-0.4, -0.2) is 114 Å². The molecule has 1 unspecified atom stereocenters. The highest BCUT2D eigenvalue weighted by Crippen LogP contribution is 2.48. The topological polar surface area (TPSA) is 190 Å². The molecule has 2 rings (SSSR count). The van der Waals surface area contributed by atoms with E-state index in [9.17, 15) is 40.9 Å². The molecule has 11 nitrogen and oxygen atoms in total. The highest BCUT2D eigenvalue weighted by Gasteiger charge is 2.68. The van der Waals surface area contributed by atoms with E-state index >= 15 is 0 Å². The third-order valence-electron chi connectivity index (χ3n) is 5.49. The molecule has 0 spiro atoms. The number of aliphatic hydroxyl groups is 8. The van der Waals surface area contributed by atoms with E-state index in [1.165, 1.54) is 12.2 Å². The molecule has 29 heavy (non-hydrogen) atoms. The molecule has 0 radical (unpaired) electrons. The Labute approximate surface area is 167 Å². The molecule has 11 heteroatoms. The lowest BCUT2D eigenvalue weighted by molar-refractivity contribution is -0.457. The van der Waals surface area contributed by atoms with Crippen LogP contribution in [0, 0.1) is 0 Å². The van der Waals surface area contributed by atoms with E-state index in [1.807, 2.05) is 0 Å². The van der Waals surface area contributed by atoms with Crippen LogP contribution in [0.15, 0.2) is 25.3 Å². The van der Waals surface area contributed by atoms with Crippen molar-refractivity contribution in [3.63, 3.8) is 0 Å². The van der Waals surface area contributed by atoms with Crippen molar-refractivity contribution in [1.82, 2.24) is 0 Å². The third-order valence-corrected chi connectivity index (χ3v) is 5.49. The van der Waals surface area contributed by atoms with E-state index in [2.05, 4.69) is 13.2 Å². The molecule has 2 saturated heterocycles. The lowest BCUT2D eigenvalue weighted by atomic mass is 9.75. The molecular formula is C18H30O11. The zero-order valence-corrected chi connectivity index (χ0v) is 15.9. The van der Waals surface area contributed by atoms with Crippen molar-refractivity contribution < 1.29 is 55.1 Å². The summed E-state index contributed by atoms with van der Waals surface area (Å²) in [6, 6.07) is 0. The average Bonchev–Trinajstić information content (AvgIpc) is 2.95. The van der Waals surface area contributed by atoms with Gasteiger partial charge in [0.1, 0.15) is 43.2 Å². The molecule has 168 valence electrons. The summed E-state index contributed by atoms with van der Waals surface area (Å²) in [7, 11) is 0. The summed E-state index contributed by atoms with van der Waals surface area (Å²) in [6.45, 7) is 4.55. The van der Waals surface area contributed by atoms with E-state index < -0.39 is 73.6 Å². The van der Waals surface area contributed by atoms with E-state index in [0.29, 0.717) is 0 Å². The highest BCUT2D eigenvalue weighted by molar-refractivity contribution is 5.13. The summed E-state index contributed by atoms with van der Waals surface area (Å²) in [5.41, 5.74) is -2.39. The number of hydrogen-bond donors (Lipinski definition) is 8. The summed E-state index contributed by atoms with van der Waals surface area (Å²) in [6.07, 6.45) is -8.12. The van der Waals surface area contributed by atoms with E-state index in [-0.39, 0.29) is 12.8 Å². The van der Waals surface area contributed by atoms with Crippen molar-refractivity contribution in [2.45, 2.75) is 66.6 Å². The molecule has 0 saturated carbocycles. The quantitative estimate of drug-likeness (QED) is 0.172. The minimum absolute atomic E-state index is 0.352. The molecular weight excluding hydrogens is 392 g/mol. The minimum Gasteiger partial charge on any atom is -0.394 e. The van der Waals surface area contributed by atoms with Gasteiger partial charge in [0, 0.05) is 12.8 Å². The van der Waals surface area contributed by atoms with Gasteiger partial charge in [0.15, 0.2) is 5.60 Å². The Morgan fingerprint density at radius 2 is 1.34 bits per heavy atom. The first-order chi connectivity index (χ1) is 13.6. The van der Waals surface area contributed by atoms with Crippen LogP contribution in [0.25, 0.3) is 0 Å². The molecule has 0 bridgehead atoms. The second-order valence-electron chi connectivity index (χ2n) is 7.28. The second kappa shape index (κ2) is 9.04. The van der Waals surface area contributed by atoms with Gasteiger partial charge in [-0.25, -0.2) is 0 Å². The molecule has 9 atom stereocenters. The Kier molecular flexibility index (Phi) is 7.58. The van der Waals surface area contributed by atoms with Crippen LogP contribution in [0.4, 0.5) is 0 Å². The van der Waals surface area contributed by atoms with Gasteiger partial charge in [-0.05, 0) is 0 Å². The lowest BCUT2D eigenvalue weighted by Crippen LogP contribution is -2.75. The fourth-order valence-corrected chi connectivity index (χ4v) is 3.87. The van der Waals surface area contributed by atoms with E-state index in [1.54, 1.807) is 0 Å². The van der Waals surface area contributed by atoms with Crippen LogP contribution in [0.2, 0.25) is 0 Å². The summed E-state index contributed by atoms with van der Waals surface area (Å²) in [4.78, 5) is 0. The molecule has 0 aromatic carbocycles. The standard InChI is InChI=1S/C18H30O11/c1-3-5-16(26)14(24)12(22)11(8-20)28-18(16,6-4-2)29-17(9-21)15(25)13(23)10(7-19)27-17/h3-4,10-15,19-26H,1-2,5-9H2/t10-,11-,12-,13-,14+,15+,16-,17?,18+/m1/s1. The number of rotatable bonds is 9. The first-order valence-electron chi connectivity index (χ1n) is 9.16. The van der Waals surface area contributed by atoms with Crippen molar-refractivity contribution in [3.05, 3.63) is 25.3 Å². The Bertz CT molecular complexity index is 588. The Hall–Kier alpha value is -0.960. The maximum atomic E-state index is 11.3. The highest BCUT2D eigenvalue weighted by atomic mass is 16.8. The van der Waals surface area contributed by atoms with Gasteiger partial charge in [-0.2, -0.15) is 0 Å². The van der Waals surface area contributed by atoms with Gasteiger partial charge in [-0.1, -0.05) is 12.2 Å². The smallest absolute Gasteiger partial charge is 0.224 e. The van der Waals surface area contributed by atoms with Gasteiger partial charge < -0.3 is 55.1 Å². The summed E-state index contributed by atoms with van der Waals surface area (Å²) in [5, 5.41) is 81.6. The van der Waals surface area contributed by atoms with Crippen LogP contribution in [0.5, 0.6) is 0 Å². The normalized spacial score (nSPS) is 47.9. The van der Waals surface area contributed by atoms with Gasteiger partial charge >= 0.3 is 0 Å².